The molecule has 0 aromatic carbocycles. The Morgan fingerprint density at radius 3 is 3.33 bits per heavy atom. The average Bonchev–Trinajstić information content (AvgIpc) is 2.08. The van der Waals surface area contributed by atoms with Gasteiger partial charge in [0, 0.05) is 11.1 Å². The molecular weight excluding hydrogens is 78.1 g/mol. The minimum atomic E-state index is -2.18. The van der Waals surface area contributed by atoms with Gasteiger partial charge in [0.1, 0.15) is 12.7 Å². The first kappa shape index (κ1) is 1.33. The van der Waals surface area contributed by atoms with Gasteiger partial charge in [-0.1, -0.05) is 0 Å². The Kier molecular flexibility index (Phi) is 0.240. The molecule has 0 aliphatic rings. The van der Waals surface area contributed by atoms with E-state index in [4.69, 9.17) is 4.11 Å². The topological polar surface area (TPSA) is 30.7 Å². The van der Waals surface area contributed by atoms with Crippen LogP contribution in [0.3, 0.4) is 0 Å². The summed E-state index contributed by atoms with van der Waals surface area (Å²) in [5, 5.41) is 3.43. The van der Waals surface area contributed by atoms with Gasteiger partial charge in [-0.15, -0.1) is 0 Å². The lowest BCUT2D eigenvalue weighted by atomic mass is 11.2. The van der Waals surface area contributed by atoms with Crippen LogP contribution >= 0.6 is 0 Å². The zero-order valence-electron chi connectivity index (χ0n) is 6.00. The van der Waals surface area contributed by atoms with Crippen LogP contribution in [0.5, 0.6) is 0 Å². The second kappa shape index (κ2) is 1.08. The molecule has 1 aromatic heterocycles. The zero-order chi connectivity index (χ0) is 6.91. The molecule has 0 fully saturated rings. The molecule has 0 N–H and O–H groups in total. The van der Waals surface area contributed by atoms with E-state index in [1.165, 1.54) is 6.33 Å². The van der Waals surface area contributed by atoms with Gasteiger partial charge in [-0.3, -0.25) is 4.68 Å². The van der Waals surface area contributed by atoms with Crippen molar-refractivity contribution in [1.82, 2.24) is 14.8 Å². The molecule has 0 amide bonds. The fourth-order valence-corrected chi connectivity index (χ4v) is 0.208. The second-order valence-corrected chi connectivity index (χ2v) is 0.840. The van der Waals surface area contributed by atoms with E-state index in [1.54, 1.807) is 0 Å². The first-order valence-corrected chi connectivity index (χ1v) is 1.46. The van der Waals surface area contributed by atoms with Crippen molar-refractivity contribution in [2.24, 2.45) is 6.98 Å². The highest BCUT2D eigenvalue weighted by molar-refractivity contribution is 4.49. The van der Waals surface area contributed by atoms with Crippen LogP contribution in [-0.4, -0.2) is 14.8 Å². The molecule has 6 heavy (non-hydrogen) atoms. The quantitative estimate of drug-likeness (QED) is 0.438. The third-order valence-electron chi connectivity index (χ3n) is 0.419. The number of rotatable bonds is 0. The highest BCUT2D eigenvalue weighted by Gasteiger charge is 1.70. The predicted molar refractivity (Wildman–Crippen MR) is 21.0 cm³/mol. The molecule has 3 nitrogen and oxygen atoms in total. The van der Waals surface area contributed by atoms with Crippen molar-refractivity contribution in [1.29, 1.82) is 0 Å². The molecule has 0 atom stereocenters. The number of nitrogens with zero attached hydrogens (tertiary/aromatic N) is 3. The molecule has 0 unspecified atom stereocenters. The standard InChI is InChI=1S/C3H5N3/c1-6-3-4-2-5-6/h2-3H,1H3/i1D3. The summed E-state index contributed by atoms with van der Waals surface area (Å²) >= 11 is 0. The van der Waals surface area contributed by atoms with Crippen molar-refractivity contribution < 1.29 is 4.11 Å². The van der Waals surface area contributed by atoms with E-state index in [2.05, 4.69) is 10.1 Å². The van der Waals surface area contributed by atoms with Crippen LogP contribution < -0.4 is 0 Å². The summed E-state index contributed by atoms with van der Waals surface area (Å²) in [6.07, 6.45) is 2.35. The molecule has 0 saturated carbocycles. The molecule has 0 aliphatic carbocycles. The van der Waals surface area contributed by atoms with Gasteiger partial charge in [-0.25, -0.2) is 4.98 Å². The fraction of sp³-hybridized carbons (Fsp3) is 0.333. The van der Waals surface area contributed by atoms with Crippen molar-refractivity contribution in [2.45, 2.75) is 0 Å². The maximum atomic E-state index is 6.78. The lowest BCUT2D eigenvalue weighted by Crippen LogP contribution is -1.83. The van der Waals surface area contributed by atoms with Gasteiger partial charge >= 0.3 is 0 Å². The molecule has 3 heteroatoms. The summed E-state index contributed by atoms with van der Waals surface area (Å²) in [6.45, 7) is -2.18. The van der Waals surface area contributed by atoms with E-state index >= 15 is 0 Å². The van der Waals surface area contributed by atoms with Gasteiger partial charge in [-0.05, 0) is 0 Å². The highest BCUT2D eigenvalue weighted by Crippen LogP contribution is 1.64. The minimum absolute atomic E-state index is 0.826. The lowest BCUT2D eigenvalue weighted by Gasteiger charge is -1.74. The number of hydrogen-bond acceptors (Lipinski definition) is 2. The van der Waals surface area contributed by atoms with Gasteiger partial charge in [0.05, 0.1) is 0 Å². The normalized spacial score (nSPS) is 18.3. The van der Waals surface area contributed by atoms with Crippen LogP contribution in [0.15, 0.2) is 12.7 Å². The average molecular weight is 86.1 g/mol. The molecule has 0 bridgehead atoms. The first-order chi connectivity index (χ1) is 4.11. The summed E-state index contributed by atoms with van der Waals surface area (Å²) in [4.78, 5) is 3.48. The first-order valence-electron chi connectivity index (χ1n) is 2.96. The molecule has 32 valence electrons. The van der Waals surface area contributed by atoms with Gasteiger partial charge < -0.3 is 0 Å². The maximum absolute atomic E-state index is 6.78. The van der Waals surface area contributed by atoms with E-state index < -0.39 is 6.98 Å². The van der Waals surface area contributed by atoms with Crippen LogP contribution in [0, 0.1) is 0 Å². The summed E-state index contributed by atoms with van der Waals surface area (Å²) < 4.78 is 21.2. The third kappa shape index (κ3) is 0.381. The Labute approximate surface area is 39.8 Å². The Hall–Kier alpha value is -0.860. The highest BCUT2D eigenvalue weighted by atomic mass is 15.3. The lowest BCUT2D eigenvalue weighted by molar-refractivity contribution is 0.765. The Morgan fingerprint density at radius 2 is 3.00 bits per heavy atom. The molecule has 0 radical (unpaired) electrons. The summed E-state index contributed by atoms with van der Waals surface area (Å²) in [7, 11) is 0. The fourth-order valence-electron chi connectivity index (χ4n) is 0.208. The van der Waals surface area contributed by atoms with Crippen LogP contribution in [0.25, 0.3) is 0 Å². The molecule has 1 heterocycles. The monoisotopic (exact) mass is 86.1 g/mol. The van der Waals surface area contributed by atoms with Crippen LogP contribution in [0.2, 0.25) is 0 Å². The zero-order valence-corrected chi connectivity index (χ0v) is 3.00. The van der Waals surface area contributed by atoms with Crippen molar-refractivity contribution in [3.8, 4) is 0 Å². The molecule has 0 spiro atoms. The maximum Gasteiger partial charge on any atom is 0.137 e. The summed E-state index contributed by atoms with van der Waals surface area (Å²) in [6, 6.07) is 0. The number of hydrogen-bond donors (Lipinski definition) is 0. The summed E-state index contributed by atoms with van der Waals surface area (Å²) in [5.41, 5.74) is 0. The van der Waals surface area contributed by atoms with Crippen molar-refractivity contribution in [3.05, 3.63) is 12.7 Å². The van der Waals surface area contributed by atoms with Gasteiger partial charge in [0.2, 0.25) is 0 Å². The largest absolute Gasteiger partial charge is 0.256 e. The van der Waals surface area contributed by atoms with Gasteiger partial charge in [0.25, 0.3) is 0 Å². The molecular formula is C3H5N3. The van der Waals surface area contributed by atoms with Crippen LogP contribution in [0.1, 0.15) is 4.11 Å². The van der Waals surface area contributed by atoms with Gasteiger partial charge in [-0.2, -0.15) is 5.10 Å². The van der Waals surface area contributed by atoms with Crippen LogP contribution in [0.4, 0.5) is 0 Å². The van der Waals surface area contributed by atoms with Gasteiger partial charge in [0.15, 0.2) is 0 Å². The smallest absolute Gasteiger partial charge is 0.137 e. The van der Waals surface area contributed by atoms with E-state index in [1.807, 2.05) is 0 Å². The van der Waals surface area contributed by atoms with E-state index in [0.717, 1.165) is 11.0 Å². The third-order valence-corrected chi connectivity index (χ3v) is 0.419. The summed E-state index contributed by atoms with van der Waals surface area (Å²) in [5.74, 6) is 0. The SMILES string of the molecule is [2H]C([2H])([2H])n1cncn1. The Bertz CT molecular complexity index is 177. The molecule has 1 aromatic rings. The number of aryl methyl sites for hydroxylation is 1. The van der Waals surface area contributed by atoms with Crippen molar-refractivity contribution in [3.63, 3.8) is 0 Å². The minimum Gasteiger partial charge on any atom is -0.256 e. The predicted octanol–water partition coefficient (Wildman–Crippen LogP) is -0.185. The van der Waals surface area contributed by atoms with E-state index in [-0.39, 0.29) is 0 Å². The van der Waals surface area contributed by atoms with Crippen molar-refractivity contribution in [2.75, 3.05) is 0 Å². The second-order valence-electron chi connectivity index (χ2n) is 0.840. The Balaban J connectivity index is 2.90. The van der Waals surface area contributed by atoms with E-state index in [9.17, 15) is 0 Å². The molecule has 0 saturated heterocycles. The number of aromatic nitrogens is 3. The Morgan fingerprint density at radius 1 is 2.00 bits per heavy atom. The van der Waals surface area contributed by atoms with E-state index in [0.29, 0.717) is 0 Å². The van der Waals surface area contributed by atoms with Crippen LogP contribution in [-0.2, 0) is 6.98 Å². The molecule has 0 aliphatic heterocycles. The van der Waals surface area contributed by atoms with Crippen molar-refractivity contribution >= 4 is 0 Å². The molecule has 1 rings (SSSR count).